The van der Waals surface area contributed by atoms with Gasteiger partial charge < -0.3 is 34.7 Å². The molecule has 2 aromatic carbocycles. The SMILES string of the molecule is C=CC(=O)Nc1cc(Nc2ncc(C(=O)OC(C)C)c(-c3cn(OCC)c4ccccc34)n2)c(OC)cc1N(C)CCN(C)C.[HH]. The standard InChI is InChI=1S/C33H41N7O5.H2/c1-9-30(41)35-25-17-26(29(43-8)18-28(25)39(7)16-15-38(5)6)36-33-34-19-23(32(42)45-21(3)4)31(37-33)24-20-40(44-10-2)27-14-12-11-13-22(24)27;/h9,11-14,17-21H,1,10,15-16H2,2-8H3,(H,35,41)(H,34,36,37);1H. The van der Waals surface area contributed by atoms with Crippen molar-refractivity contribution in [1.82, 2.24) is 19.6 Å². The van der Waals surface area contributed by atoms with Crippen LogP contribution in [0.5, 0.6) is 5.75 Å². The predicted octanol–water partition coefficient (Wildman–Crippen LogP) is 5.23. The van der Waals surface area contributed by atoms with Gasteiger partial charge >= 0.3 is 5.97 Å². The van der Waals surface area contributed by atoms with Crippen LogP contribution in [0.25, 0.3) is 22.2 Å². The molecule has 2 heterocycles. The van der Waals surface area contributed by atoms with Crippen molar-refractivity contribution in [1.29, 1.82) is 0 Å². The Bertz CT molecular complexity index is 1690. The average Bonchev–Trinajstić information content (AvgIpc) is 3.38. The van der Waals surface area contributed by atoms with Gasteiger partial charge in [-0.3, -0.25) is 4.79 Å². The fourth-order valence-electron chi connectivity index (χ4n) is 4.69. The number of ether oxygens (including phenoxy) is 2. The first-order chi connectivity index (χ1) is 21.6. The number of rotatable bonds is 14. The molecule has 0 aliphatic carbocycles. The number of likely N-dealkylation sites (N-methyl/N-ethyl adjacent to an activating group) is 2. The first-order valence-electron chi connectivity index (χ1n) is 14.7. The van der Waals surface area contributed by atoms with E-state index in [1.165, 1.54) is 12.3 Å². The van der Waals surface area contributed by atoms with Crippen molar-refractivity contribution in [2.45, 2.75) is 26.9 Å². The van der Waals surface area contributed by atoms with Gasteiger partial charge in [-0.2, -0.15) is 4.73 Å². The van der Waals surface area contributed by atoms with Crippen LogP contribution in [0.4, 0.5) is 23.0 Å². The summed E-state index contributed by atoms with van der Waals surface area (Å²) in [7, 11) is 7.50. The van der Waals surface area contributed by atoms with E-state index in [0.717, 1.165) is 23.1 Å². The third-order valence-corrected chi connectivity index (χ3v) is 6.85. The van der Waals surface area contributed by atoms with Gasteiger partial charge in [0.05, 0.1) is 47.7 Å². The van der Waals surface area contributed by atoms with E-state index in [4.69, 9.17) is 19.3 Å². The second kappa shape index (κ2) is 14.6. The summed E-state index contributed by atoms with van der Waals surface area (Å²) >= 11 is 0. The van der Waals surface area contributed by atoms with Gasteiger partial charge in [0, 0.05) is 44.8 Å². The Morgan fingerprint density at radius 2 is 1.89 bits per heavy atom. The fourth-order valence-corrected chi connectivity index (χ4v) is 4.69. The summed E-state index contributed by atoms with van der Waals surface area (Å²) in [6.45, 7) is 11.0. The van der Waals surface area contributed by atoms with Crippen molar-refractivity contribution < 1.29 is 25.3 Å². The second-order valence-corrected chi connectivity index (χ2v) is 10.8. The highest BCUT2D eigenvalue weighted by Crippen LogP contribution is 2.39. The molecular weight excluding hydrogens is 574 g/mol. The Morgan fingerprint density at radius 3 is 2.56 bits per heavy atom. The zero-order valence-electron chi connectivity index (χ0n) is 26.9. The first kappa shape index (κ1) is 32.8. The van der Waals surface area contributed by atoms with Crippen LogP contribution < -0.4 is 25.1 Å². The maximum absolute atomic E-state index is 13.2. The predicted molar refractivity (Wildman–Crippen MR) is 180 cm³/mol. The topological polar surface area (TPSA) is 123 Å². The highest BCUT2D eigenvalue weighted by Gasteiger charge is 2.23. The van der Waals surface area contributed by atoms with Gasteiger partial charge in [-0.05, 0) is 53.1 Å². The molecular formula is C33H43N7O5. The van der Waals surface area contributed by atoms with E-state index in [0.29, 0.717) is 41.5 Å². The van der Waals surface area contributed by atoms with Gasteiger partial charge in [-0.15, -0.1) is 0 Å². The van der Waals surface area contributed by atoms with Crippen molar-refractivity contribution >= 4 is 45.8 Å². The van der Waals surface area contributed by atoms with Gasteiger partial charge in [0.15, 0.2) is 0 Å². The van der Waals surface area contributed by atoms with E-state index in [1.807, 2.05) is 63.3 Å². The number of amides is 1. The Labute approximate surface area is 265 Å². The molecule has 0 radical (unpaired) electrons. The number of fused-ring (bicyclic) bond motifs is 1. The highest BCUT2D eigenvalue weighted by atomic mass is 16.7. The van der Waals surface area contributed by atoms with E-state index >= 15 is 0 Å². The lowest BCUT2D eigenvalue weighted by molar-refractivity contribution is -0.111. The molecule has 0 unspecified atom stereocenters. The summed E-state index contributed by atoms with van der Waals surface area (Å²) in [6, 6.07) is 11.3. The zero-order valence-corrected chi connectivity index (χ0v) is 26.9. The minimum atomic E-state index is -0.545. The molecule has 4 aromatic rings. The number of methoxy groups -OCH3 is 1. The minimum Gasteiger partial charge on any atom is -0.494 e. The number of esters is 1. The maximum atomic E-state index is 13.2. The van der Waals surface area contributed by atoms with E-state index in [-0.39, 0.29) is 24.9 Å². The number of benzene rings is 2. The van der Waals surface area contributed by atoms with Crippen LogP contribution in [0.15, 0.2) is 61.4 Å². The molecule has 2 N–H and O–H groups in total. The van der Waals surface area contributed by atoms with Crippen molar-refractivity contribution in [3.63, 3.8) is 0 Å². The third-order valence-electron chi connectivity index (χ3n) is 6.85. The number of para-hydroxylation sites is 1. The van der Waals surface area contributed by atoms with Gasteiger partial charge in [0.2, 0.25) is 11.9 Å². The van der Waals surface area contributed by atoms with Crippen LogP contribution in [-0.2, 0) is 9.53 Å². The molecule has 0 atom stereocenters. The zero-order chi connectivity index (χ0) is 32.7. The Kier molecular flexibility index (Phi) is 10.6. The van der Waals surface area contributed by atoms with Gasteiger partial charge in [-0.25, -0.2) is 14.8 Å². The number of anilines is 4. The van der Waals surface area contributed by atoms with Crippen LogP contribution in [0, 0.1) is 0 Å². The quantitative estimate of drug-likeness (QED) is 0.144. The summed E-state index contributed by atoms with van der Waals surface area (Å²) < 4.78 is 13.0. The number of aromatic nitrogens is 3. The smallest absolute Gasteiger partial charge is 0.342 e. The lowest BCUT2D eigenvalue weighted by atomic mass is 10.1. The molecule has 0 saturated carbocycles. The largest absolute Gasteiger partial charge is 0.494 e. The summed E-state index contributed by atoms with van der Waals surface area (Å²) in [6.07, 6.45) is 4.12. The molecule has 0 spiro atoms. The monoisotopic (exact) mass is 617 g/mol. The molecule has 12 heteroatoms. The van der Waals surface area contributed by atoms with E-state index in [2.05, 4.69) is 27.1 Å². The first-order valence-corrected chi connectivity index (χ1v) is 14.7. The van der Waals surface area contributed by atoms with Crippen LogP contribution >= 0.6 is 0 Å². The summed E-state index contributed by atoms with van der Waals surface area (Å²) in [5, 5.41) is 6.96. The summed E-state index contributed by atoms with van der Waals surface area (Å²) in [4.78, 5) is 44.8. The second-order valence-electron chi connectivity index (χ2n) is 10.8. The molecule has 12 nitrogen and oxygen atoms in total. The molecule has 0 aliphatic heterocycles. The molecule has 45 heavy (non-hydrogen) atoms. The number of hydrogen-bond donors (Lipinski definition) is 2. The van der Waals surface area contributed by atoms with E-state index in [9.17, 15) is 9.59 Å². The molecule has 1 amide bonds. The summed E-state index contributed by atoms with van der Waals surface area (Å²) in [5.41, 5.74) is 3.87. The molecule has 2 aromatic heterocycles. The molecule has 4 rings (SSSR count). The number of nitrogens with zero attached hydrogens (tertiary/aromatic N) is 5. The van der Waals surface area contributed by atoms with Gasteiger partial charge in [0.1, 0.15) is 17.9 Å². The van der Waals surface area contributed by atoms with Crippen LogP contribution in [0.2, 0.25) is 0 Å². The van der Waals surface area contributed by atoms with E-state index in [1.54, 1.807) is 38.0 Å². The molecule has 0 aliphatic rings. The van der Waals surface area contributed by atoms with Gasteiger partial charge in [-0.1, -0.05) is 24.8 Å². The number of nitrogens with one attached hydrogen (secondary N) is 2. The number of carbonyl (C=O) groups excluding carboxylic acids is 2. The van der Waals surface area contributed by atoms with Crippen LogP contribution in [0.3, 0.4) is 0 Å². The molecule has 0 saturated heterocycles. The van der Waals surface area contributed by atoms with Crippen LogP contribution in [0.1, 0.15) is 32.6 Å². The number of carbonyl (C=O) groups is 2. The molecule has 0 bridgehead atoms. The fraction of sp³-hybridized carbons (Fsp3) is 0.333. The molecule has 0 fully saturated rings. The van der Waals surface area contributed by atoms with Crippen molar-refractivity contribution in [3.8, 4) is 17.0 Å². The van der Waals surface area contributed by atoms with Gasteiger partial charge in [0.25, 0.3) is 0 Å². The average molecular weight is 618 g/mol. The minimum absolute atomic E-state index is 0. The van der Waals surface area contributed by atoms with Crippen LogP contribution in [-0.4, -0.2) is 85.5 Å². The van der Waals surface area contributed by atoms with Crippen molar-refractivity contribution in [3.05, 3.63) is 67.0 Å². The van der Waals surface area contributed by atoms with Crippen molar-refractivity contribution in [2.24, 2.45) is 0 Å². The highest BCUT2D eigenvalue weighted by molar-refractivity contribution is 6.03. The third kappa shape index (κ3) is 7.71. The van der Waals surface area contributed by atoms with Crippen molar-refractivity contribution in [2.75, 3.05) is 63.5 Å². The Morgan fingerprint density at radius 1 is 1.13 bits per heavy atom. The normalized spacial score (nSPS) is 11.0. The maximum Gasteiger partial charge on any atom is 0.342 e. The van der Waals surface area contributed by atoms with E-state index < -0.39 is 5.97 Å². The lowest BCUT2D eigenvalue weighted by Crippen LogP contribution is -2.29. The molecule has 240 valence electrons. The Hall–Kier alpha value is -5.10. The Balaban J connectivity index is 0.00000576. The summed E-state index contributed by atoms with van der Waals surface area (Å²) in [5.74, 6) is -0.199. The number of hydrogen-bond acceptors (Lipinski definition) is 10. The lowest BCUT2D eigenvalue weighted by Gasteiger charge is -2.26.